The summed E-state index contributed by atoms with van der Waals surface area (Å²) in [5, 5.41) is 3.39. The molecular formula is C12H20N2O2S2. The zero-order chi connectivity index (χ0) is 13.2. The first-order chi connectivity index (χ1) is 8.54. The van der Waals surface area contributed by atoms with Crippen LogP contribution in [-0.4, -0.2) is 32.4 Å². The molecule has 0 radical (unpaired) electrons. The molecule has 1 aliphatic rings. The number of hydrogen-bond acceptors (Lipinski definition) is 4. The van der Waals surface area contributed by atoms with Crippen LogP contribution in [0.25, 0.3) is 0 Å². The molecule has 6 heteroatoms. The van der Waals surface area contributed by atoms with Gasteiger partial charge in [-0.25, -0.2) is 12.7 Å². The van der Waals surface area contributed by atoms with Crippen LogP contribution < -0.4 is 5.32 Å². The molecule has 0 amide bonds. The highest BCUT2D eigenvalue weighted by Gasteiger charge is 2.23. The van der Waals surface area contributed by atoms with Gasteiger partial charge >= 0.3 is 0 Å². The Balaban J connectivity index is 2.03. The van der Waals surface area contributed by atoms with Crippen LogP contribution in [0.5, 0.6) is 0 Å². The van der Waals surface area contributed by atoms with Gasteiger partial charge in [-0.15, -0.1) is 11.3 Å². The minimum Gasteiger partial charge on any atom is -0.309 e. The van der Waals surface area contributed by atoms with E-state index in [0.29, 0.717) is 16.8 Å². The van der Waals surface area contributed by atoms with E-state index >= 15 is 0 Å². The summed E-state index contributed by atoms with van der Waals surface area (Å²) in [7, 11) is -1.64. The highest BCUT2D eigenvalue weighted by Crippen LogP contribution is 2.26. The highest BCUT2D eigenvalue weighted by atomic mass is 32.2. The zero-order valence-electron chi connectivity index (χ0n) is 10.8. The van der Waals surface area contributed by atoms with Gasteiger partial charge in [0.2, 0.25) is 0 Å². The summed E-state index contributed by atoms with van der Waals surface area (Å²) < 4.78 is 26.3. The molecule has 1 aliphatic carbocycles. The Morgan fingerprint density at radius 3 is 2.78 bits per heavy atom. The van der Waals surface area contributed by atoms with Crippen molar-refractivity contribution < 1.29 is 8.42 Å². The molecule has 2 rings (SSSR count). The molecular weight excluding hydrogens is 268 g/mol. The van der Waals surface area contributed by atoms with Crippen molar-refractivity contribution in [3.8, 4) is 0 Å². The van der Waals surface area contributed by atoms with Crippen molar-refractivity contribution in [2.24, 2.45) is 0 Å². The summed E-state index contributed by atoms with van der Waals surface area (Å²) in [5.41, 5.74) is 0. The molecule has 1 N–H and O–H groups in total. The summed E-state index contributed by atoms with van der Waals surface area (Å²) in [6.45, 7) is 3.32. The van der Waals surface area contributed by atoms with Gasteiger partial charge in [0.1, 0.15) is 4.21 Å². The van der Waals surface area contributed by atoms with Crippen LogP contribution in [0.15, 0.2) is 16.3 Å². The molecule has 0 aliphatic heterocycles. The van der Waals surface area contributed by atoms with Crippen LogP contribution in [0.2, 0.25) is 0 Å². The predicted molar refractivity (Wildman–Crippen MR) is 74.3 cm³/mol. The molecule has 18 heavy (non-hydrogen) atoms. The van der Waals surface area contributed by atoms with Crippen molar-refractivity contribution in [1.29, 1.82) is 0 Å². The Morgan fingerprint density at radius 1 is 1.44 bits per heavy atom. The fourth-order valence-electron chi connectivity index (χ4n) is 1.71. The van der Waals surface area contributed by atoms with Crippen LogP contribution >= 0.6 is 11.3 Å². The third-order valence-electron chi connectivity index (χ3n) is 2.98. The number of sulfonamides is 1. The summed E-state index contributed by atoms with van der Waals surface area (Å²) in [6, 6.07) is 4.28. The molecule has 102 valence electrons. The van der Waals surface area contributed by atoms with Crippen molar-refractivity contribution in [3.63, 3.8) is 0 Å². The van der Waals surface area contributed by atoms with Gasteiger partial charge in [-0.2, -0.15) is 0 Å². The van der Waals surface area contributed by atoms with Gasteiger partial charge in [-0.3, -0.25) is 0 Å². The Morgan fingerprint density at radius 2 is 2.17 bits per heavy atom. The molecule has 0 atom stereocenters. The van der Waals surface area contributed by atoms with Gasteiger partial charge in [0.15, 0.2) is 0 Å². The van der Waals surface area contributed by atoms with Crippen LogP contribution in [0.4, 0.5) is 0 Å². The SMILES string of the molecule is CCCN(C)S(=O)(=O)c1ccc(CNC2CC2)s1. The zero-order valence-corrected chi connectivity index (χ0v) is 12.5. The summed E-state index contributed by atoms with van der Waals surface area (Å²) in [5.74, 6) is 0. The molecule has 1 aromatic heterocycles. The Kier molecular flexibility index (Phi) is 4.42. The molecule has 1 saturated carbocycles. The molecule has 1 aromatic rings. The fourth-order valence-corrected chi connectivity index (χ4v) is 4.49. The number of nitrogens with zero attached hydrogens (tertiary/aromatic N) is 1. The molecule has 1 fully saturated rings. The third-order valence-corrected chi connectivity index (χ3v) is 6.39. The van der Waals surface area contributed by atoms with Crippen molar-refractivity contribution in [3.05, 3.63) is 17.0 Å². The average molecular weight is 288 g/mol. The number of thiophene rings is 1. The average Bonchev–Trinajstić information content (AvgIpc) is 3.03. The minimum absolute atomic E-state index is 0.450. The van der Waals surface area contributed by atoms with Gasteiger partial charge < -0.3 is 5.32 Å². The standard InChI is InChI=1S/C12H20N2O2S2/c1-3-8-14(2)18(15,16)12-7-6-11(17-12)9-13-10-4-5-10/h6-7,10,13H,3-5,8-9H2,1-2H3. The first kappa shape index (κ1) is 14.0. The van der Waals surface area contributed by atoms with Crippen LogP contribution in [0.3, 0.4) is 0 Å². The molecule has 0 aromatic carbocycles. The summed E-state index contributed by atoms with van der Waals surface area (Å²) >= 11 is 1.37. The van der Waals surface area contributed by atoms with Crippen molar-refractivity contribution in [2.45, 2.75) is 43.0 Å². The second-order valence-corrected chi connectivity index (χ2v) is 8.14. The second-order valence-electron chi connectivity index (χ2n) is 4.70. The lowest BCUT2D eigenvalue weighted by Gasteiger charge is -2.14. The first-order valence-electron chi connectivity index (χ1n) is 6.32. The molecule has 0 saturated heterocycles. The Bertz CT molecular complexity index is 492. The van der Waals surface area contributed by atoms with Gasteiger partial charge in [-0.05, 0) is 31.4 Å². The van der Waals surface area contributed by atoms with E-state index in [2.05, 4.69) is 5.32 Å². The van der Waals surface area contributed by atoms with Crippen molar-refractivity contribution in [1.82, 2.24) is 9.62 Å². The maximum atomic E-state index is 12.2. The summed E-state index contributed by atoms with van der Waals surface area (Å²) in [6.07, 6.45) is 3.32. The largest absolute Gasteiger partial charge is 0.309 e. The summed E-state index contributed by atoms with van der Waals surface area (Å²) in [4.78, 5) is 1.09. The lowest BCUT2D eigenvalue weighted by Crippen LogP contribution is -2.26. The van der Waals surface area contributed by atoms with E-state index in [-0.39, 0.29) is 0 Å². The fraction of sp³-hybridized carbons (Fsp3) is 0.667. The Hall–Kier alpha value is -0.430. The van der Waals surface area contributed by atoms with Crippen molar-refractivity contribution in [2.75, 3.05) is 13.6 Å². The lowest BCUT2D eigenvalue weighted by atomic mass is 10.4. The van der Waals surface area contributed by atoms with Gasteiger partial charge in [-0.1, -0.05) is 6.92 Å². The van der Waals surface area contributed by atoms with E-state index in [1.165, 1.54) is 28.5 Å². The van der Waals surface area contributed by atoms with Gasteiger partial charge in [0, 0.05) is 31.1 Å². The van der Waals surface area contributed by atoms with Crippen LogP contribution in [0, 0.1) is 0 Å². The number of hydrogen-bond donors (Lipinski definition) is 1. The monoisotopic (exact) mass is 288 g/mol. The molecule has 0 spiro atoms. The second kappa shape index (κ2) is 5.69. The van der Waals surface area contributed by atoms with E-state index in [4.69, 9.17) is 0 Å². The van der Waals surface area contributed by atoms with Crippen molar-refractivity contribution >= 4 is 21.4 Å². The lowest BCUT2D eigenvalue weighted by molar-refractivity contribution is 0.470. The number of rotatable bonds is 7. The predicted octanol–water partition coefficient (Wildman–Crippen LogP) is 2.03. The maximum Gasteiger partial charge on any atom is 0.252 e. The van der Waals surface area contributed by atoms with Gasteiger partial charge in [0.25, 0.3) is 10.0 Å². The topological polar surface area (TPSA) is 49.4 Å². The molecule has 1 heterocycles. The smallest absolute Gasteiger partial charge is 0.252 e. The van der Waals surface area contributed by atoms with E-state index in [1.807, 2.05) is 13.0 Å². The number of nitrogens with one attached hydrogen (secondary N) is 1. The van der Waals surface area contributed by atoms with E-state index in [0.717, 1.165) is 17.8 Å². The molecule has 0 bridgehead atoms. The highest BCUT2D eigenvalue weighted by molar-refractivity contribution is 7.91. The first-order valence-corrected chi connectivity index (χ1v) is 8.58. The van der Waals surface area contributed by atoms with Crippen LogP contribution in [-0.2, 0) is 16.6 Å². The normalized spacial score (nSPS) is 16.4. The minimum atomic E-state index is -3.28. The third kappa shape index (κ3) is 3.32. The Labute approximate surface area is 113 Å². The van der Waals surface area contributed by atoms with Crippen LogP contribution in [0.1, 0.15) is 31.1 Å². The maximum absolute atomic E-state index is 12.2. The van der Waals surface area contributed by atoms with E-state index in [9.17, 15) is 8.42 Å². The quantitative estimate of drug-likeness (QED) is 0.835. The van der Waals surface area contributed by atoms with E-state index < -0.39 is 10.0 Å². The molecule has 0 unspecified atom stereocenters. The van der Waals surface area contributed by atoms with E-state index in [1.54, 1.807) is 13.1 Å². The molecule has 4 nitrogen and oxygen atoms in total. The van der Waals surface area contributed by atoms with Gasteiger partial charge in [0.05, 0.1) is 0 Å².